The van der Waals surface area contributed by atoms with Crippen molar-refractivity contribution in [2.45, 2.75) is 121 Å². The van der Waals surface area contributed by atoms with Gasteiger partial charge in [0.25, 0.3) is 0 Å². The van der Waals surface area contributed by atoms with Gasteiger partial charge in [-0.2, -0.15) is 4.98 Å². The van der Waals surface area contributed by atoms with Crippen molar-refractivity contribution in [2.24, 2.45) is 9.98 Å². The maximum Gasteiger partial charge on any atom is 0.303 e. The van der Waals surface area contributed by atoms with E-state index in [0.29, 0.717) is 27.3 Å². The summed E-state index contributed by atoms with van der Waals surface area (Å²) < 4.78 is 60.4. The first kappa shape index (κ1) is 54.8. The Labute approximate surface area is 425 Å². The second-order valence-electron chi connectivity index (χ2n) is 15.9. The van der Waals surface area contributed by atoms with Crippen LogP contribution in [-0.4, -0.2) is 126 Å². The fourth-order valence-electron chi connectivity index (χ4n) is 7.47. The highest BCUT2D eigenvalue weighted by Gasteiger charge is 2.57. The number of hydrogen-bond acceptors (Lipinski definition) is 22. The molecule has 10 atom stereocenters. The molecule has 0 aliphatic carbocycles. The van der Waals surface area contributed by atoms with Crippen LogP contribution in [0.25, 0.3) is 5.69 Å². The molecule has 384 valence electrons. The smallest absolute Gasteiger partial charge is 0.303 e. The van der Waals surface area contributed by atoms with Gasteiger partial charge < -0.3 is 47.4 Å². The zero-order valence-electron chi connectivity index (χ0n) is 39.9. The van der Waals surface area contributed by atoms with Crippen LogP contribution in [0.1, 0.15) is 54.0 Å². The molecular weight excluding hydrogens is 1000 g/mol. The van der Waals surface area contributed by atoms with Crippen LogP contribution in [0.3, 0.4) is 0 Å². The zero-order chi connectivity index (χ0) is 52.1. The van der Waals surface area contributed by atoms with E-state index in [-0.39, 0.29) is 9.60 Å². The van der Waals surface area contributed by atoms with Gasteiger partial charge >= 0.3 is 41.8 Å². The summed E-state index contributed by atoms with van der Waals surface area (Å²) in [6.45, 7) is 6.30. The van der Waals surface area contributed by atoms with Gasteiger partial charge in [0, 0.05) is 54.2 Å². The van der Waals surface area contributed by atoms with Gasteiger partial charge in [0.15, 0.2) is 53.0 Å². The molecule has 2 aliphatic rings. The van der Waals surface area contributed by atoms with E-state index in [0.717, 1.165) is 65.4 Å². The maximum atomic E-state index is 13.2. The molecule has 72 heavy (non-hydrogen) atoms. The van der Waals surface area contributed by atoms with Gasteiger partial charge in [0.2, 0.25) is 4.80 Å². The van der Waals surface area contributed by atoms with E-state index in [1.165, 1.54) is 11.8 Å². The summed E-state index contributed by atoms with van der Waals surface area (Å²) in [6, 6.07) is 25.6. The van der Waals surface area contributed by atoms with E-state index in [4.69, 9.17) is 73.9 Å². The summed E-state index contributed by atoms with van der Waals surface area (Å²) in [6.07, 6.45) is -16.6. The largest absolute Gasteiger partial charge is 0.463 e. The maximum absolute atomic E-state index is 13.2. The minimum Gasteiger partial charge on any atom is -0.463 e. The molecule has 0 spiro atoms. The number of nitrogens with zero attached hydrogens (tertiary/aromatic N) is 4. The van der Waals surface area contributed by atoms with E-state index in [1.54, 1.807) is 41.0 Å². The SMILES string of the molecule is CC(=O)OC[C@H]1O[C@@H](O[C@H]2[C@H](OC(C)=O)[C@@H](OC(C)=O)[C@H](/N=c3\sc(=Nc4ccccc4)nc(SCc4ccccc4)n3-c3ccccc3Cl)O[C@@H]2COC(C)=O)[C@H](OC(C)=O)[C@@H](OC(C)=O)[C@H]1OC(C)=O. The summed E-state index contributed by atoms with van der Waals surface area (Å²) in [7, 11) is 0. The lowest BCUT2D eigenvalue weighted by Gasteiger charge is -2.48. The van der Waals surface area contributed by atoms with Gasteiger partial charge in [0.05, 0.1) is 16.4 Å². The number of carbonyl (C=O) groups excluding carboxylic acids is 7. The molecule has 0 saturated carbocycles. The number of para-hydroxylation sites is 2. The van der Waals surface area contributed by atoms with Gasteiger partial charge in [0.1, 0.15) is 31.5 Å². The standard InChI is InChI=1S/C48H51ClN4O17S2/c1-25(54)61-22-36-39(70-45-43(67-31(7)60)41(65-29(5)58)38(63-27(3)56)37(69-45)23-62-26(2)55)40(64-28(4)57)42(66-30(6)59)44(68-36)51-48-53(35-21-15-14-20-34(35)49)47(71-24-32-16-10-8-11-17-32)52-46(72-48)50-33-18-12-9-13-19-33/h8-21,36-45H,22-24H2,1-7H3/b50-46?,51-48-/t36-,37-,38+,39-,40+,41+,42-,43-,44-,45+/m1/s1. The summed E-state index contributed by atoms with van der Waals surface area (Å²) >= 11 is 9.26. The van der Waals surface area contributed by atoms with Crippen molar-refractivity contribution in [3.05, 3.63) is 105 Å². The predicted molar refractivity (Wildman–Crippen MR) is 253 cm³/mol. The quantitative estimate of drug-likeness (QED) is 0.0793. The Kier molecular flexibility index (Phi) is 19.6. The molecule has 4 aromatic rings. The molecule has 0 N–H and O–H groups in total. The molecule has 1 aromatic heterocycles. The van der Waals surface area contributed by atoms with Crippen LogP contribution < -0.4 is 9.60 Å². The summed E-state index contributed by atoms with van der Waals surface area (Å²) in [4.78, 5) is 104. The summed E-state index contributed by atoms with van der Waals surface area (Å²) in [5, 5.41) is 0.670. The van der Waals surface area contributed by atoms with Crippen molar-refractivity contribution in [1.29, 1.82) is 0 Å². The molecule has 6 rings (SSSR count). The highest BCUT2D eigenvalue weighted by Crippen LogP contribution is 2.36. The van der Waals surface area contributed by atoms with Gasteiger partial charge in [-0.1, -0.05) is 95.4 Å². The van der Waals surface area contributed by atoms with Crippen molar-refractivity contribution in [1.82, 2.24) is 9.55 Å². The third kappa shape index (κ3) is 15.3. The fourth-order valence-corrected chi connectivity index (χ4v) is 9.64. The number of aromatic nitrogens is 2. The lowest BCUT2D eigenvalue weighted by molar-refractivity contribution is -0.344. The first-order valence-electron chi connectivity index (χ1n) is 22.2. The van der Waals surface area contributed by atoms with E-state index < -0.39 is 116 Å². The zero-order valence-corrected chi connectivity index (χ0v) is 42.3. The number of hydrogen-bond donors (Lipinski definition) is 0. The van der Waals surface area contributed by atoms with Crippen molar-refractivity contribution in [3.8, 4) is 5.69 Å². The van der Waals surface area contributed by atoms with E-state index in [9.17, 15) is 33.6 Å². The molecule has 3 heterocycles. The minimum absolute atomic E-state index is 0.136. The van der Waals surface area contributed by atoms with Crippen molar-refractivity contribution < 1.29 is 80.9 Å². The lowest BCUT2D eigenvalue weighted by atomic mass is 9.95. The number of thioether (sulfide) groups is 1. The molecule has 2 aliphatic heterocycles. The topological polar surface area (TPSA) is 254 Å². The van der Waals surface area contributed by atoms with Crippen LogP contribution in [0.4, 0.5) is 5.69 Å². The van der Waals surface area contributed by atoms with Gasteiger partial charge in [-0.25, -0.2) is 9.98 Å². The molecule has 2 fully saturated rings. The highest BCUT2D eigenvalue weighted by atomic mass is 35.5. The predicted octanol–water partition coefficient (Wildman–Crippen LogP) is 4.63. The van der Waals surface area contributed by atoms with Gasteiger partial charge in [-0.05, 0) is 29.8 Å². The van der Waals surface area contributed by atoms with E-state index >= 15 is 0 Å². The molecule has 0 bridgehead atoms. The van der Waals surface area contributed by atoms with Crippen molar-refractivity contribution in [2.75, 3.05) is 13.2 Å². The lowest BCUT2D eigenvalue weighted by Crippen LogP contribution is -2.67. The first-order valence-corrected chi connectivity index (χ1v) is 24.3. The summed E-state index contributed by atoms with van der Waals surface area (Å²) in [5.41, 5.74) is 1.96. The average Bonchev–Trinajstić information content (AvgIpc) is 3.31. The second kappa shape index (κ2) is 25.7. The minimum atomic E-state index is -1.88. The Morgan fingerprint density at radius 1 is 0.611 bits per heavy atom. The Hall–Kier alpha value is -6.50. The van der Waals surface area contributed by atoms with Crippen LogP contribution in [0.5, 0.6) is 0 Å². The Morgan fingerprint density at radius 2 is 1.11 bits per heavy atom. The second-order valence-corrected chi connectivity index (χ2v) is 18.2. The molecule has 0 amide bonds. The fraction of sp³-hybridized carbons (Fsp3) is 0.417. The average molecular weight is 1060 g/mol. The Morgan fingerprint density at radius 3 is 1.68 bits per heavy atom. The number of carbonyl (C=O) groups is 7. The normalized spacial score (nSPS) is 24.3. The molecule has 21 nitrogen and oxygen atoms in total. The molecule has 2 saturated heterocycles. The first-order chi connectivity index (χ1) is 34.4. The van der Waals surface area contributed by atoms with Crippen LogP contribution in [0.15, 0.2) is 100 Å². The summed E-state index contributed by atoms with van der Waals surface area (Å²) in [5.74, 6) is -5.65. The van der Waals surface area contributed by atoms with Crippen LogP contribution in [-0.2, 0) is 86.7 Å². The third-order valence-electron chi connectivity index (χ3n) is 10.2. The molecule has 0 radical (unpaired) electrons. The molecular formula is C48H51ClN4O17S2. The third-order valence-corrected chi connectivity index (χ3v) is 12.3. The Balaban J connectivity index is 1.57. The van der Waals surface area contributed by atoms with Crippen molar-refractivity contribution >= 4 is 82.2 Å². The Bertz CT molecular complexity index is 2740. The van der Waals surface area contributed by atoms with E-state index in [1.807, 2.05) is 48.5 Å². The number of ether oxygens (including phenoxy) is 10. The molecule has 24 heteroatoms. The van der Waals surface area contributed by atoms with Crippen LogP contribution >= 0.6 is 34.7 Å². The van der Waals surface area contributed by atoms with Gasteiger partial charge in [-0.3, -0.25) is 38.1 Å². The number of benzene rings is 3. The number of rotatable bonds is 17. The monoisotopic (exact) mass is 1050 g/mol. The number of esters is 7. The van der Waals surface area contributed by atoms with Gasteiger partial charge in [-0.15, -0.1) is 0 Å². The van der Waals surface area contributed by atoms with Crippen molar-refractivity contribution in [3.63, 3.8) is 0 Å². The van der Waals surface area contributed by atoms with Crippen LogP contribution in [0, 0.1) is 0 Å². The molecule has 3 aromatic carbocycles. The van der Waals surface area contributed by atoms with Crippen LogP contribution in [0.2, 0.25) is 5.02 Å². The highest BCUT2D eigenvalue weighted by molar-refractivity contribution is 7.98. The van der Waals surface area contributed by atoms with E-state index in [2.05, 4.69) is 0 Å². The number of halogens is 1. The molecule has 0 unspecified atom stereocenters.